The third-order valence-electron chi connectivity index (χ3n) is 3.21. The zero-order valence-electron chi connectivity index (χ0n) is 8.61. The van der Waals surface area contributed by atoms with Crippen molar-refractivity contribution in [3.8, 4) is 0 Å². The number of carbonyl (C=O) groups is 2. The van der Waals surface area contributed by atoms with E-state index in [4.69, 9.17) is 5.11 Å². The summed E-state index contributed by atoms with van der Waals surface area (Å²) in [5.74, 6) is -1.07. The summed E-state index contributed by atoms with van der Waals surface area (Å²) >= 11 is 0. The molecule has 0 spiro atoms. The van der Waals surface area contributed by atoms with Gasteiger partial charge in [0.25, 0.3) is 0 Å². The van der Waals surface area contributed by atoms with E-state index in [-0.39, 0.29) is 17.9 Å². The zero-order chi connectivity index (χ0) is 10.8. The Bertz CT molecular complexity index is 274. The molecule has 5 heteroatoms. The van der Waals surface area contributed by atoms with Gasteiger partial charge in [0.1, 0.15) is 0 Å². The van der Waals surface area contributed by atoms with Crippen molar-refractivity contribution < 1.29 is 14.7 Å². The van der Waals surface area contributed by atoms with E-state index in [0.29, 0.717) is 19.5 Å². The van der Waals surface area contributed by atoms with Crippen LogP contribution in [0.15, 0.2) is 0 Å². The molecule has 2 fully saturated rings. The third-order valence-corrected chi connectivity index (χ3v) is 3.21. The molecule has 2 saturated heterocycles. The maximum absolute atomic E-state index is 11.9. The molecule has 84 valence electrons. The smallest absolute Gasteiger partial charge is 0.308 e. The number of rotatable bonds is 2. The summed E-state index contributed by atoms with van der Waals surface area (Å²) in [6.07, 6.45) is 2.51. The van der Waals surface area contributed by atoms with Gasteiger partial charge in [-0.2, -0.15) is 0 Å². The van der Waals surface area contributed by atoms with Crippen LogP contribution in [0.5, 0.6) is 0 Å². The van der Waals surface area contributed by atoms with Gasteiger partial charge in [0.15, 0.2) is 0 Å². The number of likely N-dealkylation sites (tertiary alicyclic amines) is 1. The van der Waals surface area contributed by atoms with Crippen LogP contribution in [0, 0.1) is 5.92 Å². The Kier molecular flexibility index (Phi) is 2.90. The Labute approximate surface area is 88.4 Å². The molecule has 0 bridgehead atoms. The van der Waals surface area contributed by atoms with Crippen molar-refractivity contribution in [2.75, 3.05) is 19.6 Å². The summed E-state index contributed by atoms with van der Waals surface area (Å²) in [5, 5.41) is 12.0. The lowest BCUT2D eigenvalue weighted by Crippen LogP contribution is -2.42. The van der Waals surface area contributed by atoms with E-state index in [2.05, 4.69) is 5.32 Å². The molecule has 0 aromatic heterocycles. The second kappa shape index (κ2) is 4.18. The zero-order valence-corrected chi connectivity index (χ0v) is 8.61. The van der Waals surface area contributed by atoms with Gasteiger partial charge in [0, 0.05) is 13.1 Å². The Morgan fingerprint density at radius 1 is 1.33 bits per heavy atom. The highest BCUT2D eigenvalue weighted by Crippen LogP contribution is 2.19. The SMILES string of the molecule is O=C(O)C1CCN(C(=O)[C@H]2CCCN2)C1. The number of carbonyl (C=O) groups excluding carboxylic acids is 1. The van der Waals surface area contributed by atoms with Gasteiger partial charge in [-0.05, 0) is 25.8 Å². The summed E-state index contributed by atoms with van der Waals surface area (Å²) in [4.78, 5) is 24.3. The molecule has 5 nitrogen and oxygen atoms in total. The van der Waals surface area contributed by atoms with E-state index in [1.54, 1.807) is 4.90 Å². The van der Waals surface area contributed by atoms with Gasteiger partial charge in [0.05, 0.1) is 12.0 Å². The molecule has 0 aliphatic carbocycles. The van der Waals surface area contributed by atoms with Gasteiger partial charge in [-0.3, -0.25) is 9.59 Å². The highest BCUT2D eigenvalue weighted by molar-refractivity contribution is 5.83. The number of aliphatic carboxylic acids is 1. The molecule has 0 radical (unpaired) electrons. The maximum atomic E-state index is 11.9. The first-order chi connectivity index (χ1) is 7.18. The molecule has 1 unspecified atom stereocenters. The molecule has 2 rings (SSSR count). The summed E-state index contributed by atoms with van der Waals surface area (Å²) in [6, 6.07) is -0.0717. The molecule has 2 heterocycles. The van der Waals surface area contributed by atoms with Crippen LogP contribution in [-0.2, 0) is 9.59 Å². The van der Waals surface area contributed by atoms with Crippen LogP contribution in [0.1, 0.15) is 19.3 Å². The number of hydrogen-bond acceptors (Lipinski definition) is 3. The van der Waals surface area contributed by atoms with E-state index in [1.807, 2.05) is 0 Å². The molecule has 2 atom stereocenters. The number of hydrogen-bond donors (Lipinski definition) is 2. The van der Waals surface area contributed by atoms with E-state index in [0.717, 1.165) is 19.4 Å². The van der Waals surface area contributed by atoms with Crippen LogP contribution in [0.25, 0.3) is 0 Å². The predicted octanol–water partition coefficient (Wildman–Crippen LogP) is -0.329. The molecule has 0 aromatic rings. The highest BCUT2D eigenvalue weighted by Gasteiger charge is 2.34. The van der Waals surface area contributed by atoms with Crippen LogP contribution in [0.4, 0.5) is 0 Å². The van der Waals surface area contributed by atoms with Gasteiger partial charge < -0.3 is 15.3 Å². The second-order valence-corrected chi connectivity index (χ2v) is 4.26. The van der Waals surface area contributed by atoms with Crippen molar-refractivity contribution in [1.82, 2.24) is 10.2 Å². The Morgan fingerprint density at radius 3 is 2.67 bits per heavy atom. The fraction of sp³-hybridized carbons (Fsp3) is 0.800. The first-order valence-electron chi connectivity index (χ1n) is 5.43. The molecule has 0 saturated carbocycles. The monoisotopic (exact) mass is 212 g/mol. The van der Waals surface area contributed by atoms with Gasteiger partial charge in [-0.15, -0.1) is 0 Å². The van der Waals surface area contributed by atoms with Crippen LogP contribution >= 0.6 is 0 Å². The largest absolute Gasteiger partial charge is 0.481 e. The van der Waals surface area contributed by atoms with E-state index >= 15 is 0 Å². The molecule has 15 heavy (non-hydrogen) atoms. The minimum atomic E-state index is -0.787. The lowest BCUT2D eigenvalue weighted by molar-refractivity contribution is -0.141. The van der Waals surface area contributed by atoms with Gasteiger partial charge >= 0.3 is 5.97 Å². The average molecular weight is 212 g/mol. The molecule has 2 aliphatic rings. The lowest BCUT2D eigenvalue weighted by Gasteiger charge is -2.20. The molecule has 1 amide bonds. The molecule has 2 N–H and O–H groups in total. The first-order valence-corrected chi connectivity index (χ1v) is 5.43. The maximum Gasteiger partial charge on any atom is 0.308 e. The quantitative estimate of drug-likeness (QED) is 0.657. The number of carboxylic acids is 1. The minimum absolute atomic E-state index is 0.0717. The average Bonchev–Trinajstić information content (AvgIpc) is 2.88. The van der Waals surface area contributed by atoms with Crippen molar-refractivity contribution >= 4 is 11.9 Å². The lowest BCUT2D eigenvalue weighted by atomic mass is 10.1. The first kappa shape index (κ1) is 10.4. The van der Waals surface area contributed by atoms with Crippen molar-refractivity contribution in [1.29, 1.82) is 0 Å². The molecule has 2 aliphatic heterocycles. The van der Waals surface area contributed by atoms with E-state index in [9.17, 15) is 9.59 Å². The van der Waals surface area contributed by atoms with Crippen molar-refractivity contribution in [2.24, 2.45) is 5.92 Å². The summed E-state index contributed by atoms with van der Waals surface area (Å²) < 4.78 is 0. The van der Waals surface area contributed by atoms with Crippen LogP contribution < -0.4 is 5.32 Å². The van der Waals surface area contributed by atoms with E-state index in [1.165, 1.54) is 0 Å². The summed E-state index contributed by atoms with van der Waals surface area (Å²) in [5.41, 5.74) is 0. The molecule has 0 aromatic carbocycles. The Hall–Kier alpha value is -1.10. The van der Waals surface area contributed by atoms with Crippen LogP contribution in [0.3, 0.4) is 0 Å². The van der Waals surface area contributed by atoms with E-state index < -0.39 is 5.97 Å². The second-order valence-electron chi connectivity index (χ2n) is 4.26. The van der Waals surface area contributed by atoms with Gasteiger partial charge in [0.2, 0.25) is 5.91 Å². The fourth-order valence-corrected chi connectivity index (χ4v) is 2.28. The van der Waals surface area contributed by atoms with Crippen molar-refractivity contribution in [2.45, 2.75) is 25.3 Å². The van der Waals surface area contributed by atoms with Crippen molar-refractivity contribution in [3.63, 3.8) is 0 Å². The van der Waals surface area contributed by atoms with Gasteiger partial charge in [-0.1, -0.05) is 0 Å². The normalized spacial score (nSPS) is 30.8. The number of nitrogens with one attached hydrogen (secondary N) is 1. The minimum Gasteiger partial charge on any atom is -0.481 e. The Balaban J connectivity index is 1.89. The molecular formula is C10H16N2O3. The van der Waals surface area contributed by atoms with Gasteiger partial charge in [-0.25, -0.2) is 0 Å². The standard InChI is InChI=1S/C10H16N2O3/c13-9(8-2-1-4-11-8)12-5-3-7(6-12)10(14)15/h7-8,11H,1-6H2,(H,14,15)/t7?,8-/m1/s1. The summed E-state index contributed by atoms with van der Waals surface area (Å²) in [7, 11) is 0. The Morgan fingerprint density at radius 2 is 2.13 bits per heavy atom. The van der Waals surface area contributed by atoms with Crippen molar-refractivity contribution in [3.05, 3.63) is 0 Å². The number of amides is 1. The highest BCUT2D eigenvalue weighted by atomic mass is 16.4. The fourth-order valence-electron chi connectivity index (χ4n) is 2.28. The number of nitrogens with zero attached hydrogens (tertiary/aromatic N) is 1. The van der Waals surface area contributed by atoms with Crippen LogP contribution in [0.2, 0.25) is 0 Å². The predicted molar refractivity (Wildman–Crippen MR) is 53.3 cm³/mol. The van der Waals surface area contributed by atoms with Crippen LogP contribution in [-0.4, -0.2) is 47.6 Å². The third kappa shape index (κ3) is 2.12. The topological polar surface area (TPSA) is 69.6 Å². The molecular weight excluding hydrogens is 196 g/mol. The number of carboxylic acid groups (broad SMARTS) is 1. The summed E-state index contributed by atoms with van der Waals surface area (Å²) in [6.45, 7) is 1.87.